The van der Waals surface area contributed by atoms with Crippen LogP contribution in [0.25, 0.3) is 0 Å². The first-order valence-corrected chi connectivity index (χ1v) is 7.58. The summed E-state index contributed by atoms with van der Waals surface area (Å²) in [6.07, 6.45) is 1.09. The highest BCUT2D eigenvalue weighted by Crippen LogP contribution is 2.31. The van der Waals surface area contributed by atoms with Crippen LogP contribution in [-0.2, 0) is 14.6 Å². The summed E-state index contributed by atoms with van der Waals surface area (Å²) in [5.74, 6) is -1.87. The van der Waals surface area contributed by atoms with Crippen LogP contribution in [0.4, 0.5) is 0 Å². The second kappa shape index (κ2) is 4.64. The first kappa shape index (κ1) is 14.1. The number of sulfone groups is 1. The molecule has 1 saturated heterocycles. The van der Waals surface area contributed by atoms with Crippen molar-refractivity contribution in [1.82, 2.24) is 0 Å². The van der Waals surface area contributed by atoms with Crippen molar-refractivity contribution in [1.29, 1.82) is 0 Å². The Morgan fingerprint density at radius 2 is 2.16 bits per heavy atom. The molecule has 0 spiro atoms. The van der Waals surface area contributed by atoms with Crippen molar-refractivity contribution in [3.8, 4) is 0 Å². The molecule has 2 rings (SSSR count). The number of hydrogen-bond donors (Lipinski definition) is 1. The zero-order chi connectivity index (χ0) is 14.3. The second-order valence-corrected chi connectivity index (χ2v) is 7.21. The Kier molecular flexibility index (Phi) is 3.44. The Morgan fingerprint density at radius 3 is 2.63 bits per heavy atom. The summed E-state index contributed by atoms with van der Waals surface area (Å²) in [5.41, 5.74) is -0.310. The summed E-state index contributed by atoms with van der Waals surface area (Å²) in [4.78, 5) is 10.7. The van der Waals surface area contributed by atoms with Gasteiger partial charge in [0.2, 0.25) is 20.7 Å². The molecule has 0 saturated carbocycles. The van der Waals surface area contributed by atoms with E-state index in [2.05, 4.69) is 0 Å². The fourth-order valence-electron chi connectivity index (χ4n) is 2.12. The van der Waals surface area contributed by atoms with E-state index in [9.17, 15) is 13.2 Å². The van der Waals surface area contributed by atoms with Gasteiger partial charge in [0, 0.05) is 0 Å². The second-order valence-electron chi connectivity index (χ2n) is 5.24. The average Bonchev–Trinajstić information content (AvgIpc) is 2.84. The van der Waals surface area contributed by atoms with Gasteiger partial charge in [0.1, 0.15) is 0 Å². The van der Waals surface area contributed by atoms with Crippen LogP contribution in [0.2, 0.25) is 0 Å². The largest absolute Gasteiger partial charge is 0.475 e. The molecule has 1 aromatic rings. The molecule has 1 unspecified atom stereocenters. The van der Waals surface area contributed by atoms with Gasteiger partial charge in [0.25, 0.3) is 0 Å². The predicted octanol–water partition coefficient (Wildman–Crippen LogP) is 1.71. The van der Waals surface area contributed by atoms with E-state index in [-0.39, 0.29) is 28.3 Å². The van der Waals surface area contributed by atoms with E-state index in [0.29, 0.717) is 6.42 Å². The Balaban J connectivity index is 2.12. The molecule has 1 atom stereocenters. The van der Waals surface area contributed by atoms with Gasteiger partial charge >= 0.3 is 5.97 Å². The van der Waals surface area contributed by atoms with Gasteiger partial charge < -0.3 is 14.3 Å². The quantitative estimate of drug-likeness (QED) is 0.906. The third-order valence-corrected chi connectivity index (χ3v) is 4.70. The van der Waals surface area contributed by atoms with Gasteiger partial charge in [-0.15, -0.1) is 0 Å². The lowest BCUT2D eigenvalue weighted by Gasteiger charge is -2.18. The number of aromatic carboxylic acids is 1. The van der Waals surface area contributed by atoms with Gasteiger partial charge in [0.05, 0.1) is 17.5 Å². The molecule has 106 valence electrons. The van der Waals surface area contributed by atoms with Gasteiger partial charge in [-0.3, -0.25) is 0 Å². The summed E-state index contributed by atoms with van der Waals surface area (Å²) in [7, 11) is -3.66. The molecule has 1 N–H and O–H groups in total. The molecule has 1 aliphatic heterocycles. The van der Waals surface area contributed by atoms with Crippen LogP contribution >= 0.6 is 0 Å². The van der Waals surface area contributed by atoms with Crippen LogP contribution in [0.5, 0.6) is 0 Å². The molecule has 1 aromatic heterocycles. The fraction of sp³-hybridized carbons (Fsp3) is 0.583. The number of hydrogen-bond acceptors (Lipinski definition) is 5. The minimum absolute atomic E-state index is 0.191. The molecule has 0 amide bonds. The number of furan rings is 1. The first-order valence-electron chi connectivity index (χ1n) is 5.93. The highest BCUT2D eigenvalue weighted by Gasteiger charge is 2.35. The van der Waals surface area contributed by atoms with Gasteiger partial charge in [-0.05, 0) is 38.8 Å². The average molecular weight is 288 g/mol. The smallest absolute Gasteiger partial charge is 0.371 e. The highest BCUT2D eigenvalue weighted by molar-refractivity contribution is 7.91. The van der Waals surface area contributed by atoms with E-state index in [1.165, 1.54) is 6.07 Å². The zero-order valence-electron chi connectivity index (χ0n) is 10.8. The Morgan fingerprint density at radius 1 is 1.47 bits per heavy atom. The molecule has 1 aliphatic rings. The van der Waals surface area contributed by atoms with Crippen LogP contribution in [-0.4, -0.2) is 37.0 Å². The van der Waals surface area contributed by atoms with E-state index in [0.717, 1.165) is 12.5 Å². The summed E-state index contributed by atoms with van der Waals surface area (Å²) in [5, 5.41) is 8.38. The Labute approximate surface area is 111 Å². The van der Waals surface area contributed by atoms with Gasteiger partial charge in [-0.1, -0.05) is 0 Å². The van der Waals surface area contributed by atoms with Gasteiger partial charge in [0.15, 0.2) is 0 Å². The molecule has 0 radical (unpaired) electrons. The molecule has 0 aromatic carbocycles. The van der Waals surface area contributed by atoms with Crippen LogP contribution in [0.1, 0.15) is 37.2 Å². The maximum absolute atomic E-state index is 12.1. The van der Waals surface area contributed by atoms with Crippen molar-refractivity contribution in [3.05, 3.63) is 17.9 Å². The lowest BCUT2D eigenvalue weighted by molar-refractivity contribution is -0.00536. The zero-order valence-corrected chi connectivity index (χ0v) is 11.6. The van der Waals surface area contributed by atoms with E-state index >= 15 is 0 Å². The number of ether oxygens (including phenoxy) is 1. The van der Waals surface area contributed by atoms with E-state index < -0.39 is 15.8 Å². The number of carbonyl (C=O) groups is 1. The maximum Gasteiger partial charge on any atom is 0.371 e. The summed E-state index contributed by atoms with van der Waals surface area (Å²) in [6.45, 7) is 3.82. The fourth-order valence-corrected chi connectivity index (χ4v) is 3.50. The SMILES string of the molecule is CC1(C)CCC(CS(=O)(=O)c2ccc(C(=O)O)o2)O1. The molecule has 2 heterocycles. The molecule has 1 fully saturated rings. The minimum atomic E-state index is -3.66. The molecular weight excluding hydrogens is 272 g/mol. The molecule has 19 heavy (non-hydrogen) atoms. The Hall–Kier alpha value is -1.34. The number of carboxylic acids is 1. The first-order chi connectivity index (χ1) is 8.70. The third kappa shape index (κ3) is 3.16. The highest BCUT2D eigenvalue weighted by atomic mass is 32.2. The molecular formula is C12H16O6S. The van der Waals surface area contributed by atoms with Gasteiger partial charge in [-0.25, -0.2) is 13.2 Å². The van der Waals surface area contributed by atoms with Crippen LogP contribution in [0.3, 0.4) is 0 Å². The minimum Gasteiger partial charge on any atom is -0.475 e. The monoisotopic (exact) mass is 288 g/mol. The topological polar surface area (TPSA) is 93.8 Å². The predicted molar refractivity (Wildman–Crippen MR) is 65.9 cm³/mol. The Bertz CT molecular complexity index is 583. The van der Waals surface area contributed by atoms with Crippen LogP contribution < -0.4 is 0 Å². The van der Waals surface area contributed by atoms with Crippen molar-refractivity contribution >= 4 is 15.8 Å². The molecule has 0 aliphatic carbocycles. The standard InChI is InChI=1S/C12H16O6S/c1-12(2)6-5-8(18-12)7-19(15,16)10-4-3-9(17-10)11(13)14/h3-4,8H,5-7H2,1-2H3,(H,13,14). The van der Waals surface area contributed by atoms with Crippen LogP contribution in [0.15, 0.2) is 21.6 Å². The molecule has 7 heteroatoms. The molecule has 0 bridgehead atoms. The van der Waals surface area contributed by atoms with E-state index in [1.54, 1.807) is 0 Å². The van der Waals surface area contributed by atoms with Crippen LogP contribution in [0, 0.1) is 0 Å². The number of carboxylic acid groups (broad SMARTS) is 1. The van der Waals surface area contributed by atoms with Crippen molar-refractivity contribution in [2.24, 2.45) is 0 Å². The third-order valence-electron chi connectivity index (χ3n) is 3.06. The van der Waals surface area contributed by atoms with Crippen molar-refractivity contribution in [2.45, 2.75) is 43.5 Å². The summed E-state index contributed by atoms with van der Waals surface area (Å²) in [6, 6.07) is 2.30. The summed E-state index contributed by atoms with van der Waals surface area (Å²) >= 11 is 0. The maximum atomic E-state index is 12.1. The lowest BCUT2D eigenvalue weighted by Crippen LogP contribution is -2.25. The van der Waals surface area contributed by atoms with Crippen molar-refractivity contribution in [2.75, 3.05) is 5.75 Å². The summed E-state index contributed by atoms with van der Waals surface area (Å²) < 4.78 is 34.6. The lowest BCUT2D eigenvalue weighted by atomic mass is 10.1. The van der Waals surface area contributed by atoms with E-state index in [4.69, 9.17) is 14.3 Å². The normalized spacial score (nSPS) is 22.5. The van der Waals surface area contributed by atoms with Gasteiger partial charge in [-0.2, -0.15) is 0 Å². The van der Waals surface area contributed by atoms with E-state index in [1.807, 2.05) is 13.8 Å². The van der Waals surface area contributed by atoms with Crippen molar-refractivity contribution in [3.63, 3.8) is 0 Å². The van der Waals surface area contributed by atoms with Crippen molar-refractivity contribution < 1.29 is 27.5 Å². The molecule has 6 nitrogen and oxygen atoms in total. The number of rotatable bonds is 4.